The number of H-pyrrole nitrogens is 1. The van der Waals surface area contributed by atoms with Gasteiger partial charge < -0.3 is 16.0 Å². The molecule has 1 amide bonds. The summed E-state index contributed by atoms with van der Waals surface area (Å²) in [6.45, 7) is 2.38. The Hall–Kier alpha value is -1.78. The number of aromatic nitrogens is 2. The molecule has 140 valence electrons. The molecule has 1 aromatic heterocycles. The van der Waals surface area contributed by atoms with Crippen molar-refractivity contribution in [3.63, 3.8) is 0 Å². The fourth-order valence-electron chi connectivity index (χ4n) is 2.82. The largest absolute Gasteiger partial charge is 0.346 e. The van der Waals surface area contributed by atoms with Gasteiger partial charge in [-0.2, -0.15) is 4.31 Å². The predicted molar refractivity (Wildman–Crippen MR) is 91.0 cm³/mol. The Morgan fingerprint density at radius 2 is 2.32 bits per heavy atom. The van der Waals surface area contributed by atoms with Gasteiger partial charge in [0.2, 0.25) is 11.1 Å². The van der Waals surface area contributed by atoms with Crippen molar-refractivity contribution in [1.29, 1.82) is 0 Å². The lowest BCUT2D eigenvalue weighted by molar-refractivity contribution is -0.128. The minimum atomic E-state index is -3.83. The number of nitrogens with two attached hydrogens (primary N) is 1. The van der Waals surface area contributed by atoms with Crippen molar-refractivity contribution in [2.75, 3.05) is 19.6 Å². The number of amides is 1. The van der Waals surface area contributed by atoms with Crippen LogP contribution in [0.5, 0.6) is 0 Å². The van der Waals surface area contributed by atoms with Crippen molar-refractivity contribution < 1.29 is 18.0 Å². The number of hydrogen-bond donors (Lipinski definition) is 3. The van der Waals surface area contributed by atoms with E-state index in [1.165, 1.54) is 12.4 Å². The first-order valence-corrected chi connectivity index (χ1v) is 9.80. The zero-order valence-corrected chi connectivity index (χ0v) is 15.1. The van der Waals surface area contributed by atoms with Crippen molar-refractivity contribution in [2.45, 2.75) is 43.8 Å². The van der Waals surface area contributed by atoms with Gasteiger partial charge in [0, 0.05) is 25.4 Å². The molecule has 0 aromatic carbocycles. The summed E-state index contributed by atoms with van der Waals surface area (Å²) in [5, 5.41) is 2.55. The number of hydrogen-bond acceptors (Lipinski definition) is 6. The number of nitrogens with one attached hydrogen (secondary N) is 2. The second-order valence-corrected chi connectivity index (χ2v) is 8.20. The van der Waals surface area contributed by atoms with Gasteiger partial charge in [-0.15, -0.1) is 0 Å². The zero-order chi connectivity index (χ0) is 18.4. The topological polar surface area (TPSA) is 138 Å². The maximum atomic E-state index is 12.5. The van der Waals surface area contributed by atoms with Gasteiger partial charge in [-0.05, 0) is 31.7 Å². The van der Waals surface area contributed by atoms with Crippen LogP contribution in [0.2, 0.25) is 0 Å². The van der Waals surface area contributed by atoms with Gasteiger partial charge in [0.05, 0.1) is 12.6 Å². The molecule has 0 aliphatic carbocycles. The molecule has 4 N–H and O–H groups in total. The van der Waals surface area contributed by atoms with E-state index >= 15 is 0 Å². The van der Waals surface area contributed by atoms with Gasteiger partial charge in [-0.25, -0.2) is 13.4 Å². The second kappa shape index (κ2) is 8.54. The number of rotatable bonds is 7. The molecular weight excluding hydrogens is 346 g/mol. The molecule has 9 nitrogen and oxygen atoms in total. The van der Waals surface area contributed by atoms with Crippen LogP contribution in [-0.4, -0.2) is 60.1 Å². The minimum Gasteiger partial charge on any atom is -0.346 e. The SMILES string of the molecule is C[C@@H](CCN)CC(=O)NC1CCCN(S(=O)(=O)c2ncc[nH]2)CC1=O. The predicted octanol–water partition coefficient (Wildman–Crippen LogP) is -0.377. The molecule has 1 unspecified atom stereocenters. The molecule has 1 aliphatic rings. The number of ketones is 1. The highest BCUT2D eigenvalue weighted by molar-refractivity contribution is 7.89. The van der Waals surface area contributed by atoms with Gasteiger partial charge in [-0.1, -0.05) is 6.92 Å². The molecule has 2 atom stereocenters. The number of nitrogens with zero attached hydrogens (tertiary/aromatic N) is 2. The van der Waals surface area contributed by atoms with E-state index in [1.54, 1.807) is 0 Å². The summed E-state index contributed by atoms with van der Waals surface area (Å²) in [5.74, 6) is -0.379. The molecule has 0 spiro atoms. The second-order valence-electron chi connectivity index (χ2n) is 6.35. The monoisotopic (exact) mass is 371 g/mol. The third-order valence-corrected chi connectivity index (χ3v) is 5.91. The Balaban J connectivity index is 1.98. The van der Waals surface area contributed by atoms with E-state index in [0.717, 1.165) is 10.7 Å². The molecule has 2 heterocycles. The summed E-state index contributed by atoms with van der Waals surface area (Å²) in [5.41, 5.74) is 5.47. The number of carbonyl (C=O) groups is 2. The van der Waals surface area contributed by atoms with Crippen LogP contribution >= 0.6 is 0 Å². The maximum absolute atomic E-state index is 12.5. The zero-order valence-electron chi connectivity index (χ0n) is 14.3. The molecule has 2 rings (SSSR count). The van der Waals surface area contributed by atoms with E-state index < -0.39 is 16.1 Å². The lowest BCUT2D eigenvalue weighted by Gasteiger charge is -2.19. The van der Waals surface area contributed by atoms with E-state index in [1.807, 2.05) is 6.92 Å². The Morgan fingerprint density at radius 1 is 1.56 bits per heavy atom. The molecular formula is C15H25N5O4S. The smallest absolute Gasteiger partial charge is 0.277 e. The number of Topliss-reactive ketones (excluding diaryl/α,β-unsaturated/α-hetero) is 1. The summed E-state index contributed by atoms with van der Waals surface area (Å²) < 4.78 is 26.1. The summed E-state index contributed by atoms with van der Waals surface area (Å²) in [6.07, 6.45) is 4.70. The van der Waals surface area contributed by atoms with Crippen LogP contribution in [0, 0.1) is 5.92 Å². The summed E-state index contributed by atoms with van der Waals surface area (Å²) >= 11 is 0. The van der Waals surface area contributed by atoms with Crippen LogP contribution in [0.15, 0.2) is 17.6 Å². The molecule has 0 bridgehead atoms. The first-order valence-electron chi connectivity index (χ1n) is 8.36. The van der Waals surface area contributed by atoms with E-state index in [0.29, 0.717) is 25.8 Å². The fraction of sp³-hybridized carbons (Fsp3) is 0.667. The highest BCUT2D eigenvalue weighted by Gasteiger charge is 2.34. The van der Waals surface area contributed by atoms with Crippen LogP contribution in [-0.2, 0) is 19.6 Å². The number of carbonyl (C=O) groups excluding carboxylic acids is 2. The number of aromatic amines is 1. The molecule has 0 radical (unpaired) electrons. The van der Waals surface area contributed by atoms with E-state index in [2.05, 4.69) is 15.3 Å². The van der Waals surface area contributed by atoms with Gasteiger partial charge in [0.1, 0.15) is 0 Å². The molecule has 1 aromatic rings. The van der Waals surface area contributed by atoms with Crippen molar-refractivity contribution in [2.24, 2.45) is 11.7 Å². The van der Waals surface area contributed by atoms with Crippen LogP contribution in [0.4, 0.5) is 0 Å². The first-order chi connectivity index (χ1) is 11.8. The van der Waals surface area contributed by atoms with Crippen molar-refractivity contribution in [3.05, 3.63) is 12.4 Å². The number of imidazole rings is 1. The first kappa shape index (κ1) is 19.5. The maximum Gasteiger partial charge on any atom is 0.277 e. The lowest BCUT2D eigenvalue weighted by Crippen LogP contribution is -2.44. The Bertz CT molecular complexity index is 689. The highest BCUT2D eigenvalue weighted by Crippen LogP contribution is 2.17. The van der Waals surface area contributed by atoms with Crippen LogP contribution in [0.25, 0.3) is 0 Å². The normalized spacial score (nSPS) is 20.9. The third-order valence-electron chi connectivity index (χ3n) is 4.21. The Morgan fingerprint density at radius 3 is 2.96 bits per heavy atom. The molecule has 10 heteroatoms. The highest BCUT2D eigenvalue weighted by atomic mass is 32.2. The average molecular weight is 371 g/mol. The van der Waals surface area contributed by atoms with E-state index in [4.69, 9.17) is 5.73 Å². The molecule has 1 aliphatic heterocycles. The van der Waals surface area contributed by atoms with Gasteiger partial charge >= 0.3 is 0 Å². The fourth-order valence-corrected chi connectivity index (χ4v) is 4.15. The Kier molecular flexibility index (Phi) is 6.68. The average Bonchev–Trinajstić information content (AvgIpc) is 3.01. The van der Waals surface area contributed by atoms with Crippen molar-refractivity contribution in [3.8, 4) is 0 Å². The van der Waals surface area contributed by atoms with Crippen molar-refractivity contribution >= 4 is 21.7 Å². The molecule has 1 saturated heterocycles. The minimum absolute atomic E-state index is 0.140. The van der Waals surface area contributed by atoms with Gasteiger partial charge in [0.15, 0.2) is 5.78 Å². The molecule has 25 heavy (non-hydrogen) atoms. The summed E-state index contributed by atoms with van der Waals surface area (Å²) in [6, 6.07) is -0.658. The van der Waals surface area contributed by atoms with Gasteiger partial charge in [-0.3, -0.25) is 9.59 Å². The quantitative estimate of drug-likeness (QED) is 0.597. The summed E-state index contributed by atoms with van der Waals surface area (Å²) in [4.78, 5) is 30.8. The van der Waals surface area contributed by atoms with Crippen molar-refractivity contribution in [1.82, 2.24) is 19.6 Å². The van der Waals surface area contributed by atoms with E-state index in [9.17, 15) is 18.0 Å². The lowest BCUT2D eigenvalue weighted by atomic mass is 10.0. The van der Waals surface area contributed by atoms with Crippen LogP contribution in [0.1, 0.15) is 32.6 Å². The summed E-state index contributed by atoms with van der Waals surface area (Å²) in [7, 11) is -3.83. The Labute approximate surface area is 147 Å². The van der Waals surface area contributed by atoms with Crippen LogP contribution < -0.4 is 11.1 Å². The standard InChI is InChI=1S/C15H25N5O4S/c1-11(4-5-16)9-14(22)19-12-3-2-8-20(10-13(12)21)25(23,24)15-17-6-7-18-15/h6-7,11-12H,2-5,8-10,16H2,1H3,(H,17,18)(H,19,22)/t11-,12?/m0/s1. The van der Waals surface area contributed by atoms with Gasteiger partial charge in [0.25, 0.3) is 10.0 Å². The third kappa shape index (κ3) is 5.10. The van der Waals surface area contributed by atoms with Crippen LogP contribution in [0.3, 0.4) is 0 Å². The molecule has 1 fully saturated rings. The van der Waals surface area contributed by atoms with E-state index in [-0.39, 0.29) is 35.9 Å². The number of sulfonamides is 1. The molecule has 0 saturated carbocycles.